The van der Waals surface area contributed by atoms with E-state index in [-0.39, 0.29) is 0 Å². The van der Waals surface area contributed by atoms with Crippen molar-refractivity contribution in [3.05, 3.63) is 0 Å². The number of carbonyl (C=O) groups is 1. The fourth-order valence-corrected chi connectivity index (χ4v) is 0.870. The molecule has 0 saturated carbocycles. The van der Waals surface area contributed by atoms with Crippen molar-refractivity contribution >= 4 is 5.97 Å². The highest BCUT2D eigenvalue weighted by Crippen LogP contribution is 2.22. The van der Waals surface area contributed by atoms with Gasteiger partial charge >= 0.3 is 5.97 Å². The molecule has 1 atom stereocenters. The number of aliphatic hydroxyl groups is 1. The van der Waals surface area contributed by atoms with E-state index in [1.165, 1.54) is 0 Å². The minimum absolute atomic E-state index is 0.364. The molecule has 0 aromatic heterocycles. The van der Waals surface area contributed by atoms with Gasteiger partial charge in [0.25, 0.3) is 0 Å². The molecule has 3 nitrogen and oxygen atoms in total. The van der Waals surface area contributed by atoms with Gasteiger partial charge < -0.3 is 9.84 Å². The van der Waals surface area contributed by atoms with Gasteiger partial charge in [-0.25, -0.2) is 4.79 Å². The van der Waals surface area contributed by atoms with Crippen LogP contribution in [-0.2, 0) is 9.53 Å². The van der Waals surface area contributed by atoms with Gasteiger partial charge in [-0.1, -0.05) is 6.92 Å². The third kappa shape index (κ3) is 0.920. The number of ether oxygens (including phenoxy) is 1. The molecule has 0 radical (unpaired) electrons. The Morgan fingerprint density at radius 1 is 1.89 bits per heavy atom. The molecule has 9 heavy (non-hydrogen) atoms. The van der Waals surface area contributed by atoms with Crippen LogP contribution in [0.15, 0.2) is 0 Å². The SMILES string of the molecule is CC[C@@]1(O)CCOC1=O. The molecule has 1 heterocycles. The summed E-state index contributed by atoms with van der Waals surface area (Å²) in [6.07, 6.45) is 0.897. The van der Waals surface area contributed by atoms with Crippen LogP contribution in [-0.4, -0.2) is 23.3 Å². The largest absolute Gasteiger partial charge is 0.463 e. The maximum atomic E-state index is 10.7. The smallest absolute Gasteiger partial charge is 0.338 e. The average molecular weight is 130 g/mol. The van der Waals surface area contributed by atoms with Crippen molar-refractivity contribution in [1.82, 2.24) is 0 Å². The lowest BCUT2D eigenvalue weighted by Gasteiger charge is -2.12. The third-order valence-electron chi connectivity index (χ3n) is 1.71. The molecule has 0 aromatic rings. The number of carbonyl (C=O) groups excluding carboxylic acids is 1. The molecule has 1 saturated heterocycles. The molecule has 3 heteroatoms. The van der Waals surface area contributed by atoms with Gasteiger partial charge in [0.2, 0.25) is 0 Å². The van der Waals surface area contributed by atoms with Crippen LogP contribution in [0.5, 0.6) is 0 Å². The first-order valence-electron chi connectivity index (χ1n) is 3.08. The van der Waals surface area contributed by atoms with Gasteiger partial charge in [0.05, 0.1) is 6.61 Å². The molecular weight excluding hydrogens is 120 g/mol. The van der Waals surface area contributed by atoms with Crippen molar-refractivity contribution in [3.63, 3.8) is 0 Å². The monoisotopic (exact) mass is 130 g/mol. The van der Waals surface area contributed by atoms with Crippen molar-refractivity contribution in [3.8, 4) is 0 Å². The zero-order valence-corrected chi connectivity index (χ0v) is 5.39. The molecule has 0 aromatic carbocycles. The highest BCUT2D eigenvalue weighted by Gasteiger charge is 2.40. The summed E-state index contributed by atoms with van der Waals surface area (Å²) in [5, 5.41) is 9.29. The molecule has 1 fully saturated rings. The quantitative estimate of drug-likeness (QED) is 0.511. The summed E-state index contributed by atoms with van der Waals surface area (Å²) < 4.78 is 4.57. The topological polar surface area (TPSA) is 46.5 Å². The van der Waals surface area contributed by atoms with Crippen molar-refractivity contribution in [2.75, 3.05) is 6.61 Å². The van der Waals surface area contributed by atoms with Crippen LogP contribution in [0, 0.1) is 0 Å². The van der Waals surface area contributed by atoms with Crippen LogP contribution in [0.4, 0.5) is 0 Å². The van der Waals surface area contributed by atoms with Crippen molar-refractivity contribution in [1.29, 1.82) is 0 Å². The highest BCUT2D eigenvalue weighted by atomic mass is 16.6. The van der Waals surface area contributed by atoms with E-state index in [4.69, 9.17) is 0 Å². The normalized spacial score (nSPS) is 34.7. The molecule has 0 bridgehead atoms. The van der Waals surface area contributed by atoms with Crippen LogP contribution in [0.25, 0.3) is 0 Å². The zero-order valence-electron chi connectivity index (χ0n) is 5.39. The first-order chi connectivity index (χ1) is 4.19. The second-order valence-corrected chi connectivity index (χ2v) is 2.27. The van der Waals surface area contributed by atoms with Gasteiger partial charge in [-0.15, -0.1) is 0 Å². The summed E-state index contributed by atoms with van der Waals surface area (Å²) in [6.45, 7) is 2.13. The first-order valence-corrected chi connectivity index (χ1v) is 3.08. The Kier molecular flexibility index (Phi) is 1.45. The fourth-order valence-electron chi connectivity index (χ4n) is 0.870. The fraction of sp³-hybridized carbons (Fsp3) is 0.833. The van der Waals surface area contributed by atoms with E-state index in [0.717, 1.165) is 0 Å². The molecule has 0 aliphatic carbocycles. The van der Waals surface area contributed by atoms with Crippen LogP contribution in [0.3, 0.4) is 0 Å². The molecule has 1 N–H and O–H groups in total. The summed E-state index contributed by atoms with van der Waals surface area (Å²) >= 11 is 0. The lowest BCUT2D eigenvalue weighted by Crippen LogP contribution is -2.32. The first kappa shape index (κ1) is 6.55. The molecule has 0 unspecified atom stereocenters. The molecule has 52 valence electrons. The van der Waals surface area contributed by atoms with E-state index in [9.17, 15) is 9.90 Å². The standard InChI is InChI=1S/C6H10O3/c1-2-6(8)3-4-9-5(6)7/h8H,2-4H2,1H3/t6-/m1/s1. The van der Waals surface area contributed by atoms with Gasteiger partial charge in [-0.05, 0) is 6.42 Å². The minimum atomic E-state index is -1.17. The van der Waals surface area contributed by atoms with Crippen molar-refractivity contribution in [2.45, 2.75) is 25.4 Å². The van der Waals surface area contributed by atoms with Gasteiger partial charge in [-0.3, -0.25) is 0 Å². The highest BCUT2D eigenvalue weighted by molar-refractivity contribution is 5.80. The summed E-state index contributed by atoms with van der Waals surface area (Å²) in [7, 11) is 0. The predicted molar refractivity (Wildman–Crippen MR) is 30.8 cm³/mol. The number of esters is 1. The lowest BCUT2D eigenvalue weighted by molar-refractivity contribution is -0.153. The Labute approximate surface area is 53.6 Å². The number of cyclic esters (lactones) is 1. The van der Waals surface area contributed by atoms with E-state index < -0.39 is 11.6 Å². The molecule has 0 amide bonds. The summed E-state index contributed by atoms with van der Waals surface area (Å²) in [6, 6.07) is 0. The molecule has 1 aliphatic rings. The van der Waals surface area contributed by atoms with Crippen LogP contribution in [0.2, 0.25) is 0 Å². The maximum Gasteiger partial charge on any atom is 0.338 e. The van der Waals surface area contributed by atoms with Crippen molar-refractivity contribution in [2.24, 2.45) is 0 Å². The molecule has 1 aliphatic heterocycles. The van der Waals surface area contributed by atoms with E-state index in [2.05, 4.69) is 4.74 Å². The second-order valence-electron chi connectivity index (χ2n) is 2.27. The van der Waals surface area contributed by atoms with E-state index in [0.29, 0.717) is 19.4 Å². The second kappa shape index (κ2) is 1.99. The van der Waals surface area contributed by atoms with E-state index >= 15 is 0 Å². The Balaban J connectivity index is 2.67. The number of hydrogen-bond acceptors (Lipinski definition) is 3. The summed E-state index contributed by atoms with van der Waals surface area (Å²) in [5.41, 5.74) is -1.17. The predicted octanol–water partition coefficient (Wildman–Crippen LogP) is 0.0744. The maximum absolute atomic E-state index is 10.7. The van der Waals surface area contributed by atoms with Crippen molar-refractivity contribution < 1.29 is 14.6 Å². The van der Waals surface area contributed by atoms with Gasteiger partial charge in [-0.2, -0.15) is 0 Å². The molecule has 0 spiro atoms. The Bertz CT molecular complexity index is 132. The summed E-state index contributed by atoms with van der Waals surface area (Å²) in [5.74, 6) is -0.468. The Morgan fingerprint density at radius 2 is 2.56 bits per heavy atom. The minimum Gasteiger partial charge on any atom is -0.463 e. The zero-order chi connectivity index (χ0) is 6.91. The van der Waals surface area contributed by atoms with Crippen LogP contribution in [0.1, 0.15) is 19.8 Å². The lowest BCUT2D eigenvalue weighted by atomic mass is 10.00. The number of rotatable bonds is 1. The number of hydrogen-bond donors (Lipinski definition) is 1. The summed E-state index contributed by atoms with van der Waals surface area (Å²) in [4.78, 5) is 10.7. The van der Waals surface area contributed by atoms with Crippen LogP contribution < -0.4 is 0 Å². The Hall–Kier alpha value is -0.570. The third-order valence-corrected chi connectivity index (χ3v) is 1.71. The van der Waals surface area contributed by atoms with Gasteiger partial charge in [0.15, 0.2) is 5.60 Å². The molecular formula is C6H10O3. The average Bonchev–Trinajstić information content (AvgIpc) is 2.15. The van der Waals surface area contributed by atoms with Gasteiger partial charge in [0.1, 0.15) is 0 Å². The van der Waals surface area contributed by atoms with E-state index in [1.807, 2.05) is 0 Å². The van der Waals surface area contributed by atoms with E-state index in [1.54, 1.807) is 6.92 Å². The van der Waals surface area contributed by atoms with Gasteiger partial charge in [0, 0.05) is 6.42 Å². The van der Waals surface area contributed by atoms with Crippen LogP contribution >= 0.6 is 0 Å². The Morgan fingerprint density at radius 3 is 2.78 bits per heavy atom. The molecule has 1 rings (SSSR count).